The number of rotatable bonds is 4. The van der Waals surface area contributed by atoms with Gasteiger partial charge in [-0.3, -0.25) is 9.48 Å². The molecular formula is C14H13N3O3. The van der Waals surface area contributed by atoms with E-state index in [1.54, 1.807) is 16.9 Å². The summed E-state index contributed by atoms with van der Waals surface area (Å²) in [5.41, 5.74) is 2.11. The normalized spacial score (nSPS) is 11.1. The molecule has 3 aromatic rings. The average Bonchev–Trinajstić information content (AvgIpc) is 3.06. The van der Waals surface area contributed by atoms with Crippen molar-refractivity contribution in [3.05, 3.63) is 36.2 Å². The Balaban J connectivity index is 1.98. The fraction of sp³-hybridized carbons (Fsp3) is 0.214. The summed E-state index contributed by atoms with van der Waals surface area (Å²) in [7, 11) is 3.34. The van der Waals surface area contributed by atoms with Crippen molar-refractivity contribution in [1.82, 2.24) is 14.9 Å². The molecule has 0 aliphatic heterocycles. The number of aryl methyl sites for hydroxylation is 1. The van der Waals surface area contributed by atoms with Crippen LogP contribution in [0.2, 0.25) is 0 Å². The third kappa shape index (κ3) is 2.10. The van der Waals surface area contributed by atoms with Crippen molar-refractivity contribution in [2.45, 2.75) is 0 Å². The van der Waals surface area contributed by atoms with E-state index in [1.165, 1.54) is 7.11 Å². The Hall–Kier alpha value is -2.47. The van der Waals surface area contributed by atoms with Crippen molar-refractivity contribution in [2.75, 3.05) is 13.7 Å². The van der Waals surface area contributed by atoms with Crippen LogP contribution in [-0.4, -0.2) is 34.4 Å². The van der Waals surface area contributed by atoms with E-state index in [-0.39, 0.29) is 18.1 Å². The molecule has 6 nitrogen and oxygen atoms in total. The molecule has 0 radical (unpaired) electrons. The van der Waals surface area contributed by atoms with Crippen LogP contribution >= 0.6 is 0 Å². The van der Waals surface area contributed by atoms with Gasteiger partial charge in [-0.25, -0.2) is 0 Å². The zero-order valence-electron chi connectivity index (χ0n) is 11.2. The molecule has 0 N–H and O–H groups in total. The number of benzene rings is 1. The number of ether oxygens (including phenoxy) is 1. The van der Waals surface area contributed by atoms with Gasteiger partial charge < -0.3 is 9.26 Å². The highest BCUT2D eigenvalue weighted by atomic mass is 16.5. The van der Waals surface area contributed by atoms with Crippen molar-refractivity contribution in [1.29, 1.82) is 0 Å². The number of carbonyl (C=O) groups is 1. The number of aromatic nitrogens is 3. The quantitative estimate of drug-likeness (QED) is 0.679. The second kappa shape index (κ2) is 4.90. The fourth-order valence-corrected chi connectivity index (χ4v) is 2.05. The predicted octanol–water partition coefficient (Wildman–Crippen LogP) is 2.06. The van der Waals surface area contributed by atoms with E-state index in [2.05, 4.69) is 10.3 Å². The lowest BCUT2D eigenvalue weighted by molar-refractivity contribution is 0.0839. The van der Waals surface area contributed by atoms with Crippen LogP contribution < -0.4 is 0 Å². The first-order chi connectivity index (χ1) is 9.69. The molecule has 0 fully saturated rings. The first-order valence-electron chi connectivity index (χ1n) is 6.10. The van der Waals surface area contributed by atoms with Gasteiger partial charge in [0.1, 0.15) is 6.61 Å². The molecule has 0 aliphatic carbocycles. The topological polar surface area (TPSA) is 70.2 Å². The van der Waals surface area contributed by atoms with E-state index in [0.717, 1.165) is 16.5 Å². The monoisotopic (exact) mass is 271 g/mol. The smallest absolute Gasteiger partial charge is 0.210 e. The van der Waals surface area contributed by atoms with Crippen molar-refractivity contribution in [2.24, 2.45) is 7.05 Å². The lowest BCUT2D eigenvalue weighted by Crippen LogP contribution is -2.06. The predicted molar refractivity (Wildman–Crippen MR) is 72.4 cm³/mol. The van der Waals surface area contributed by atoms with Gasteiger partial charge in [-0.05, 0) is 6.07 Å². The minimum Gasteiger partial charge on any atom is -0.376 e. The number of fused-ring (bicyclic) bond motifs is 1. The molecule has 0 saturated carbocycles. The van der Waals surface area contributed by atoms with Crippen LogP contribution in [0.5, 0.6) is 0 Å². The highest BCUT2D eigenvalue weighted by Gasteiger charge is 2.14. The zero-order chi connectivity index (χ0) is 14.1. The molecule has 0 saturated heterocycles. The highest BCUT2D eigenvalue weighted by Crippen LogP contribution is 2.24. The lowest BCUT2D eigenvalue weighted by atomic mass is 10.1. The fourth-order valence-electron chi connectivity index (χ4n) is 2.05. The molecule has 3 rings (SSSR count). The Kier molecular flexibility index (Phi) is 3.08. The minimum atomic E-state index is -0.205. The summed E-state index contributed by atoms with van der Waals surface area (Å²) in [6, 6.07) is 7.44. The Labute approximate surface area is 114 Å². The third-order valence-corrected chi connectivity index (χ3v) is 3.10. The van der Waals surface area contributed by atoms with Gasteiger partial charge in [-0.1, -0.05) is 17.3 Å². The molecule has 20 heavy (non-hydrogen) atoms. The minimum absolute atomic E-state index is 0.00720. The molecule has 1 aromatic carbocycles. The maximum atomic E-state index is 11.7. The standard InChI is InChI=1S/C14H13N3O3/c1-17-12-5-9(3-4-10(12)7-15-17)14-6-11(16-20-14)13(18)8-19-2/h3-7H,8H2,1-2H3. The van der Waals surface area contributed by atoms with Crippen LogP contribution in [0.15, 0.2) is 35.0 Å². The van der Waals surface area contributed by atoms with Gasteiger partial charge in [0.05, 0.1) is 11.7 Å². The Morgan fingerprint density at radius 2 is 2.25 bits per heavy atom. The van der Waals surface area contributed by atoms with Gasteiger partial charge in [0, 0.05) is 31.2 Å². The second-order valence-corrected chi connectivity index (χ2v) is 4.47. The summed E-state index contributed by atoms with van der Waals surface area (Å²) in [5.74, 6) is 0.344. The Bertz CT molecular complexity index is 773. The average molecular weight is 271 g/mol. The maximum absolute atomic E-state index is 11.7. The molecular weight excluding hydrogens is 258 g/mol. The molecule has 0 spiro atoms. The van der Waals surface area contributed by atoms with Crippen molar-refractivity contribution in [3.8, 4) is 11.3 Å². The first kappa shape index (κ1) is 12.6. The van der Waals surface area contributed by atoms with Gasteiger partial charge >= 0.3 is 0 Å². The molecule has 0 bridgehead atoms. The van der Waals surface area contributed by atoms with Crippen LogP contribution in [0.25, 0.3) is 22.2 Å². The molecule has 0 unspecified atom stereocenters. The Morgan fingerprint density at radius 1 is 1.40 bits per heavy atom. The maximum Gasteiger partial charge on any atom is 0.210 e. The van der Waals surface area contributed by atoms with Gasteiger partial charge in [0.2, 0.25) is 5.78 Å². The van der Waals surface area contributed by atoms with Crippen molar-refractivity contribution >= 4 is 16.7 Å². The van der Waals surface area contributed by atoms with E-state index < -0.39 is 0 Å². The summed E-state index contributed by atoms with van der Waals surface area (Å²) in [5, 5.41) is 9.01. The van der Waals surface area contributed by atoms with Crippen LogP contribution in [0, 0.1) is 0 Å². The number of carbonyl (C=O) groups excluding carboxylic acids is 1. The Morgan fingerprint density at radius 3 is 3.05 bits per heavy atom. The van der Waals surface area contributed by atoms with Crippen molar-refractivity contribution < 1.29 is 14.1 Å². The summed E-state index contributed by atoms with van der Waals surface area (Å²) < 4.78 is 11.8. The van der Waals surface area contributed by atoms with E-state index in [4.69, 9.17) is 9.26 Å². The number of hydrogen-bond donors (Lipinski definition) is 0. The van der Waals surface area contributed by atoms with E-state index >= 15 is 0 Å². The number of nitrogens with zero attached hydrogens (tertiary/aromatic N) is 3. The molecule has 2 heterocycles. The van der Waals surface area contributed by atoms with Crippen LogP contribution in [0.1, 0.15) is 10.5 Å². The lowest BCUT2D eigenvalue weighted by Gasteiger charge is -1.97. The van der Waals surface area contributed by atoms with Gasteiger partial charge in [0.25, 0.3) is 0 Å². The van der Waals surface area contributed by atoms with Crippen LogP contribution in [0.4, 0.5) is 0 Å². The van der Waals surface area contributed by atoms with E-state index in [1.807, 2.05) is 25.2 Å². The molecule has 0 amide bonds. The number of ketones is 1. The zero-order valence-corrected chi connectivity index (χ0v) is 11.2. The van der Waals surface area contributed by atoms with Crippen LogP contribution in [-0.2, 0) is 11.8 Å². The molecule has 0 aliphatic rings. The largest absolute Gasteiger partial charge is 0.376 e. The summed E-state index contributed by atoms with van der Waals surface area (Å²) in [6.07, 6.45) is 1.80. The summed E-state index contributed by atoms with van der Waals surface area (Å²) in [4.78, 5) is 11.7. The molecule has 102 valence electrons. The number of hydrogen-bond acceptors (Lipinski definition) is 5. The van der Waals surface area contributed by atoms with E-state index in [9.17, 15) is 4.79 Å². The van der Waals surface area contributed by atoms with Crippen LogP contribution in [0.3, 0.4) is 0 Å². The summed E-state index contributed by atoms with van der Waals surface area (Å²) >= 11 is 0. The first-order valence-corrected chi connectivity index (χ1v) is 6.10. The summed E-state index contributed by atoms with van der Waals surface area (Å²) in [6.45, 7) is -0.00720. The van der Waals surface area contributed by atoms with E-state index in [0.29, 0.717) is 5.76 Å². The van der Waals surface area contributed by atoms with Gasteiger partial charge in [-0.2, -0.15) is 5.10 Å². The number of methoxy groups -OCH3 is 1. The second-order valence-electron chi connectivity index (χ2n) is 4.47. The molecule has 2 aromatic heterocycles. The number of Topliss-reactive ketones (excluding diaryl/α,β-unsaturated/α-hetero) is 1. The molecule has 6 heteroatoms. The van der Waals surface area contributed by atoms with Crippen molar-refractivity contribution in [3.63, 3.8) is 0 Å². The third-order valence-electron chi connectivity index (χ3n) is 3.10. The molecule has 0 atom stereocenters. The SMILES string of the molecule is COCC(=O)c1cc(-c2ccc3cnn(C)c3c2)on1. The highest BCUT2D eigenvalue weighted by molar-refractivity contribution is 5.96. The van der Waals surface area contributed by atoms with Gasteiger partial charge in [0.15, 0.2) is 11.5 Å². The van der Waals surface area contributed by atoms with Gasteiger partial charge in [-0.15, -0.1) is 0 Å².